The van der Waals surface area contributed by atoms with Gasteiger partial charge in [0.2, 0.25) is 5.91 Å². The molecule has 2 saturated heterocycles. The zero-order valence-electron chi connectivity index (χ0n) is 13.3. The molecule has 0 aromatic heterocycles. The van der Waals surface area contributed by atoms with E-state index in [0.29, 0.717) is 25.6 Å². The van der Waals surface area contributed by atoms with Crippen molar-refractivity contribution >= 4 is 18.3 Å². The van der Waals surface area contributed by atoms with Crippen LogP contribution in [0.1, 0.15) is 31.4 Å². The Hall–Kier alpha value is -1.17. The topological polar surface area (TPSA) is 41.6 Å². The summed E-state index contributed by atoms with van der Waals surface area (Å²) in [7, 11) is 0. The minimum absolute atomic E-state index is 0. The van der Waals surface area contributed by atoms with Gasteiger partial charge in [-0.3, -0.25) is 4.79 Å². The normalized spacial score (nSPS) is 27.6. The Morgan fingerprint density at radius 1 is 1.48 bits per heavy atom. The maximum absolute atomic E-state index is 13.5. The Bertz CT molecular complexity index is 537. The third kappa shape index (κ3) is 4.43. The molecule has 23 heavy (non-hydrogen) atoms. The number of hydrogen-bond acceptors (Lipinski definition) is 3. The van der Waals surface area contributed by atoms with Crippen LogP contribution < -0.4 is 5.32 Å². The summed E-state index contributed by atoms with van der Waals surface area (Å²) >= 11 is 0. The van der Waals surface area contributed by atoms with Crippen molar-refractivity contribution in [2.75, 3.05) is 26.3 Å². The third-order valence-corrected chi connectivity index (χ3v) is 4.48. The highest BCUT2D eigenvalue weighted by Crippen LogP contribution is 2.36. The minimum atomic E-state index is -0.244. The SMILES string of the molecule is CC1CC(c2cccc(F)c2)N(C(=O)CC2COCCN2)C1.Cl. The molecule has 1 aromatic carbocycles. The molecule has 0 aliphatic carbocycles. The molecule has 1 amide bonds. The van der Waals surface area contributed by atoms with Gasteiger partial charge in [-0.2, -0.15) is 0 Å². The highest BCUT2D eigenvalue weighted by atomic mass is 35.5. The Morgan fingerprint density at radius 3 is 3.00 bits per heavy atom. The van der Waals surface area contributed by atoms with Gasteiger partial charge in [0.1, 0.15) is 5.82 Å². The number of ether oxygens (including phenoxy) is 1. The van der Waals surface area contributed by atoms with E-state index in [1.807, 2.05) is 11.0 Å². The average Bonchev–Trinajstić information content (AvgIpc) is 2.90. The van der Waals surface area contributed by atoms with Gasteiger partial charge in [0.15, 0.2) is 0 Å². The Kier molecular flexibility index (Phi) is 6.39. The largest absolute Gasteiger partial charge is 0.378 e. The minimum Gasteiger partial charge on any atom is -0.378 e. The van der Waals surface area contributed by atoms with Crippen LogP contribution in [-0.2, 0) is 9.53 Å². The van der Waals surface area contributed by atoms with Crippen LogP contribution in [0.5, 0.6) is 0 Å². The number of carbonyl (C=O) groups is 1. The maximum atomic E-state index is 13.5. The van der Waals surface area contributed by atoms with Gasteiger partial charge < -0.3 is 15.0 Å². The molecule has 0 radical (unpaired) electrons. The molecule has 4 nitrogen and oxygen atoms in total. The lowest BCUT2D eigenvalue weighted by molar-refractivity contribution is -0.133. The molecule has 2 aliphatic rings. The molecule has 1 N–H and O–H groups in total. The number of benzene rings is 1. The van der Waals surface area contributed by atoms with Gasteiger partial charge in [-0.25, -0.2) is 4.39 Å². The number of carbonyl (C=O) groups excluding carboxylic acids is 1. The third-order valence-electron chi connectivity index (χ3n) is 4.48. The quantitative estimate of drug-likeness (QED) is 0.917. The molecule has 3 unspecified atom stereocenters. The summed E-state index contributed by atoms with van der Waals surface area (Å²) in [6, 6.07) is 6.69. The van der Waals surface area contributed by atoms with Crippen LogP contribution in [0.15, 0.2) is 24.3 Å². The number of rotatable bonds is 3. The van der Waals surface area contributed by atoms with Gasteiger partial charge in [0.05, 0.1) is 19.3 Å². The summed E-state index contributed by atoms with van der Waals surface area (Å²) in [6.07, 6.45) is 1.34. The maximum Gasteiger partial charge on any atom is 0.224 e. The zero-order chi connectivity index (χ0) is 15.5. The van der Waals surface area contributed by atoms with Crippen LogP contribution in [0.4, 0.5) is 4.39 Å². The molecule has 0 bridgehead atoms. The van der Waals surface area contributed by atoms with E-state index in [9.17, 15) is 9.18 Å². The van der Waals surface area contributed by atoms with Crippen LogP contribution in [-0.4, -0.2) is 43.2 Å². The molecule has 2 aliphatic heterocycles. The van der Waals surface area contributed by atoms with Gasteiger partial charge in [0, 0.05) is 25.6 Å². The van der Waals surface area contributed by atoms with Crippen LogP contribution in [0.25, 0.3) is 0 Å². The Labute approximate surface area is 142 Å². The predicted octanol–water partition coefficient (Wildman–Crippen LogP) is 2.54. The molecule has 0 saturated carbocycles. The lowest BCUT2D eigenvalue weighted by atomic mass is 10.0. The summed E-state index contributed by atoms with van der Waals surface area (Å²) in [4.78, 5) is 14.6. The van der Waals surface area contributed by atoms with E-state index in [-0.39, 0.29) is 36.2 Å². The van der Waals surface area contributed by atoms with E-state index in [1.165, 1.54) is 6.07 Å². The van der Waals surface area contributed by atoms with E-state index < -0.39 is 0 Å². The molecular weight excluding hydrogens is 319 g/mol. The highest BCUT2D eigenvalue weighted by molar-refractivity contribution is 5.85. The van der Waals surface area contributed by atoms with Gasteiger partial charge in [-0.15, -0.1) is 12.4 Å². The van der Waals surface area contributed by atoms with Crippen molar-refractivity contribution in [2.45, 2.75) is 31.8 Å². The lowest BCUT2D eigenvalue weighted by Gasteiger charge is -2.29. The molecule has 2 fully saturated rings. The van der Waals surface area contributed by atoms with Crippen molar-refractivity contribution in [1.29, 1.82) is 0 Å². The van der Waals surface area contributed by atoms with E-state index in [0.717, 1.165) is 25.1 Å². The second kappa shape index (κ2) is 8.08. The Morgan fingerprint density at radius 2 is 2.30 bits per heavy atom. The standard InChI is InChI=1S/C17H23FN2O2.ClH/c1-12-7-16(13-3-2-4-14(18)8-13)20(10-12)17(21)9-15-11-22-6-5-19-15;/h2-4,8,12,15-16,19H,5-7,9-11H2,1H3;1H. The first-order chi connectivity index (χ1) is 10.6. The van der Waals surface area contributed by atoms with Crippen molar-refractivity contribution in [1.82, 2.24) is 10.2 Å². The molecule has 128 valence electrons. The van der Waals surface area contributed by atoms with Crippen LogP contribution >= 0.6 is 12.4 Å². The van der Waals surface area contributed by atoms with Gasteiger partial charge in [-0.05, 0) is 30.0 Å². The van der Waals surface area contributed by atoms with Gasteiger partial charge >= 0.3 is 0 Å². The van der Waals surface area contributed by atoms with E-state index >= 15 is 0 Å². The van der Waals surface area contributed by atoms with Crippen molar-refractivity contribution in [3.8, 4) is 0 Å². The number of nitrogens with one attached hydrogen (secondary N) is 1. The summed E-state index contributed by atoms with van der Waals surface area (Å²) in [6.45, 7) is 4.97. The first-order valence-electron chi connectivity index (χ1n) is 7.99. The molecule has 0 spiro atoms. The van der Waals surface area contributed by atoms with Gasteiger partial charge in [-0.1, -0.05) is 19.1 Å². The van der Waals surface area contributed by atoms with Crippen LogP contribution in [0, 0.1) is 11.7 Å². The fourth-order valence-corrected chi connectivity index (χ4v) is 3.43. The van der Waals surface area contributed by atoms with Crippen molar-refractivity contribution in [2.24, 2.45) is 5.92 Å². The van der Waals surface area contributed by atoms with Gasteiger partial charge in [0.25, 0.3) is 0 Å². The number of likely N-dealkylation sites (tertiary alicyclic amines) is 1. The summed E-state index contributed by atoms with van der Waals surface area (Å²) in [5, 5.41) is 3.32. The monoisotopic (exact) mass is 342 g/mol. The molecule has 3 atom stereocenters. The fraction of sp³-hybridized carbons (Fsp3) is 0.588. The second-order valence-corrected chi connectivity index (χ2v) is 6.39. The number of halogens is 2. The second-order valence-electron chi connectivity index (χ2n) is 6.39. The zero-order valence-corrected chi connectivity index (χ0v) is 14.2. The highest BCUT2D eigenvalue weighted by Gasteiger charge is 2.35. The Balaban J connectivity index is 0.00000192. The number of amides is 1. The molecule has 2 heterocycles. The average molecular weight is 343 g/mol. The van der Waals surface area contributed by atoms with Crippen molar-refractivity contribution in [3.63, 3.8) is 0 Å². The van der Waals surface area contributed by atoms with E-state index in [4.69, 9.17) is 4.74 Å². The lowest BCUT2D eigenvalue weighted by Crippen LogP contribution is -2.45. The number of hydrogen-bond donors (Lipinski definition) is 1. The fourth-order valence-electron chi connectivity index (χ4n) is 3.43. The molecule has 6 heteroatoms. The first-order valence-corrected chi connectivity index (χ1v) is 7.99. The number of morpholine rings is 1. The van der Waals surface area contributed by atoms with Crippen molar-refractivity contribution < 1.29 is 13.9 Å². The molecule has 3 rings (SSSR count). The number of nitrogens with zero attached hydrogens (tertiary/aromatic N) is 1. The van der Waals surface area contributed by atoms with Crippen LogP contribution in [0.3, 0.4) is 0 Å². The first kappa shape index (κ1) is 18.2. The van der Waals surface area contributed by atoms with E-state index in [1.54, 1.807) is 12.1 Å². The predicted molar refractivity (Wildman–Crippen MR) is 89.1 cm³/mol. The van der Waals surface area contributed by atoms with Crippen LogP contribution in [0.2, 0.25) is 0 Å². The summed E-state index contributed by atoms with van der Waals surface area (Å²) < 4.78 is 18.9. The van der Waals surface area contributed by atoms with E-state index in [2.05, 4.69) is 12.2 Å². The smallest absolute Gasteiger partial charge is 0.224 e. The van der Waals surface area contributed by atoms with Crippen molar-refractivity contribution in [3.05, 3.63) is 35.6 Å². The summed E-state index contributed by atoms with van der Waals surface area (Å²) in [5.41, 5.74) is 0.894. The molecular formula is C17H24ClFN2O2. The summed E-state index contributed by atoms with van der Waals surface area (Å²) in [5.74, 6) is 0.321. The molecule has 1 aromatic rings.